The minimum atomic E-state index is -0.206. The summed E-state index contributed by atoms with van der Waals surface area (Å²) in [7, 11) is 0. The summed E-state index contributed by atoms with van der Waals surface area (Å²) < 4.78 is 1.16. The van der Waals surface area contributed by atoms with Crippen LogP contribution in [0.3, 0.4) is 0 Å². The van der Waals surface area contributed by atoms with Crippen molar-refractivity contribution in [2.24, 2.45) is 0 Å². The molecule has 2 nitrogen and oxygen atoms in total. The van der Waals surface area contributed by atoms with Crippen LogP contribution in [0, 0.1) is 11.3 Å². The zero-order chi connectivity index (χ0) is 13.5. The van der Waals surface area contributed by atoms with Crippen molar-refractivity contribution >= 4 is 25.2 Å². The maximum atomic E-state index is 12.1. The molecule has 94 valence electrons. The average Bonchev–Trinajstić information content (AvgIpc) is 2.48. The summed E-state index contributed by atoms with van der Waals surface area (Å²) in [6, 6.07) is 21.3. The molecule has 3 heteroatoms. The van der Waals surface area contributed by atoms with Crippen LogP contribution in [0.15, 0.2) is 60.7 Å². The third-order valence-electron chi connectivity index (χ3n) is 2.63. The first-order chi connectivity index (χ1) is 9.29. The summed E-state index contributed by atoms with van der Waals surface area (Å²) in [5, 5.41) is 9.20. The van der Waals surface area contributed by atoms with E-state index in [4.69, 9.17) is 0 Å². The Bertz CT molecular complexity index is 575. The summed E-state index contributed by atoms with van der Waals surface area (Å²) in [5.41, 5.74) is 0.687. The van der Waals surface area contributed by atoms with Gasteiger partial charge in [-0.05, 0) is 0 Å². The maximum absolute atomic E-state index is 12.1. The monoisotopic (exact) mass is 315 g/mol. The average molecular weight is 314 g/mol. The molecule has 0 aliphatic heterocycles. The zero-order valence-corrected chi connectivity index (χ0v) is 12.0. The number of carbonyl (C=O) groups excluding carboxylic acids is 1. The predicted molar refractivity (Wildman–Crippen MR) is 76.6 cm³/mol. The van der Waals surface area contributed by atoms with Crippen LogP contribution in [0.1, 0.15) is 16.8 Å². The van der Waals surface area contributed by atoms with Crippen LogP contribution in [0.2, 0.25) is 4.82 Å². The molecule has 0 N–H and O–H groups in total. The zero-order valence-electron chi connectivity index (χ0n) is 10.3. The molecule has 2 aromatic carbocycles. The van der Waals surface area contributed by atoms with Crippen LogP contribution in [-0.2, 0) is 0 Å². The van der Waals surface area contributed by atoms with Crippen molar-refractivity contribution < 1.29 is 4.79 Å². The molecular weight excluding hydrogens is 301 g/mol. The molecule has 0 aliphatic carbocycles. The normalized spacial score (nSPS) is 11.5. The first-order valence-corrected chi connectivity index (χ1v) is 7.83. The molecule has 2 aromatic rings. The van der Waals surface area contributed by atoms with Gasteiger partial charge in [0.25, 0.3) is 0 Å². The number of benzene rings is 2. The van der Waals surface area contributed by atoms with Gasteiger partial charge < -0.3 is 0 Å². The van der Waals surface area contributed by atoms with Crippen molar-refractivity contribution in [3.05, 3.63) is 66.2 Å². The fourth-order valence-corrected chi connectivity index (χ4v) is 3.64. The topological polar surface area (TPSA) is 40.9 Å². The number of hydrogen-bond donors (Lipinski definition) is 0. The second-order valence-electron chi connectivity index (χ2n) is 4.04. The Hall–Kier alpha value is -1.88. The van der Waals surface area contributed by atoms with E-state index in [1.807, 2.05) is 48.5 Å². The van der Waals surface area contributed by atoms with Crippen molar-refractivity contribution in [2.45, 2.75) is 11.2 Å². The van der Waals surface area contributed by atoms with Gasteiger partial charge in [0.05, 0.1) is 0 Å². The summed E-state index contributed by atoms with van der Waals surface area (Å²) >= 11 is 0.0143. The predicted octanol–water partition coefficient (Wildman–Crippen LogP) is 2.60. The molecule has 0 amide bonds. The molecule has 0 aliphatic rings. The summed E-state index contributed by atoms with van der Waals surface area (Å²) in [5.74, 6) is 0.0463. The Morgan fingerprint density at radius 3 is 2.21 bits per heavy atom. The Morgan fingerprint density at radius 1 is 1.05 bits per heavy atom. The van der Waals surface area contributed by atoms with Crippen LogP contribution >= 0.6 is 0 Å². The fourth-order valence-electron chi connectivity index (χ4n) is 1.69. The van der Waals surface area contributed by atoms with E-state index in [0.29, 0.717) is 12.0 Å². The van der Waals surface area contributed by atoms with Crippen molar-refractivity contribution in [3.8, 4) is 6.07 Å². The summed E-state index contributed by atoms with van der Waals surface area (Å²) in [6.07, 6.45) is 0.301. The van der Waals surface area contributed by atoms with E-state index in [-0.39, 0.29) is 25.6 Å². The summed E-state index contributed by atoms with van der Waals surface area (Å²) in [6.45, 7) is 0. The van der Waals surface area contributed by atoms with Gasteiger partial charge in [0, 0.05) is 0 Å². The first kappa shape index (κ1) is 13.5. The van der Waals surface area contributed by atoms with E-state index in [0.717, 1.165) is 4.46 Å². The molecule has 19 heavy (non-hydrogen) atoms. The van der Waals surface area contributed by atoms with E-state index in [2.05, 4.69) is 6.07 Å². The number of carbonyl (C=O) groups is 1. The van der Waals surface area contributed by atoms with E-state index in [1.165, 1.54) is 0 Å². The quantitative estimate of drug-likeness (QED) is 0.629. The number of nitrogens with zero attached hydrogens (tertiary/aromatic N) is 1. The molecule has 0 heterocycles. The Kier molecular flexibility index (Phi) is 4.92. The van der Waals surface area contributed by atoms with Crippen molar-refractivity contribution in [2.75, 3.05) is 0 Å². The van der Waals surface area contributed by atoms with E-state index >= 15 is 0 Å². The van der Waals surface area contributed by atoms with Crippen LogP contribution in [0.25, 0.3) is 0 Å². The van der Waals surface area contributed by atoms with Gasteiger partial charge in [-0.1, -0.05) is 0 Å². The molecule has 0 fully saturated rings. The van der Waals surface area contributed by atoms with Crippen LogP contribution in [0.5, 0.6) is 0 Å². The molecule has 0 radical (unpaired) electrons. The number of hydrogen-bond acceptors (Lipinski definition) is 2. The molecule has 0 saturated heterocycles. The molecule has 0 saturated carbocycles. The van der Waals surface area contributed by atoms with Gasteiger partial charge >= 0.3 is 119 Å². The number of Topliss-reactive ketones (excluding diaryl/α,β-unsaturated/α-hetero) is 1. The third kappa shape index (κ3) is 4.06. The second kappa shape index (κ2) is 6.89. The molecule has 1 atom stereocenters. The molecule has 1 unspecified atom stereocenters. The number of nitriles is 1. The van der Waals surface area contributed by atoms with Gasteiger partial charge in [-0.2, -0.15) is 0 Å². The minimum absolute atomic E-state index is 0.0143. The van der Waals surface area contributed by atoms with E-state index in [9.17, 15) is 10.1 Å². The SMILES string of the molecule is N#CC(CC(=O)c1ccccc1)[Se]c1ccccc1. The van der Waals surface area contributed by atoms with Crippen molar-refractivity contribution in [3.63, 3.8) is 0 Å². The summed E-state index contributed by atoms with van der Waals surface area (Å²) in [4.78, 5) is 11.9. The van der Waals surface area contributed by atoms with Gasteiger partial charge in [0.15, 0.2) is 0 Å². The molecule has 0 bridgehead atoms. The van der Waals surface area contributed by atoms with Crippen LogP contribution in [-0.4, -0.2) is 20.7 Å². The van der Waals surface area contributed by atoms with Gasteiger partial charge in [-0.3, -0.25) is 0 Å². The number of ketones is 1. The van der Waals surface area contributed by atoms with Gasteiger partial charge in [-0.15, -0.1) is 0 Å². The Labute approximate surface area is 119 Å². The third-order valence-corrected chi connectivity index (χ3v) is 4.94. The van der Waals surface area contributed by atoms with Crippen molar-refractivity contribution in [1.82, 2.24) is 0 Å². The van der Waals surface area contributed by atoms with Gasteiger partial charge in [0.1, 0.15) is 0 Å². The van der Waals surface area contributed by atoms with Crippen LogP contribution < -0.4 is 4.46 Å². The molecule has 0 aromatic heterocycles. The van der Waals surface area contributed by atoms with Gasteiger partial charge in [0.2, 0.25) is 0 Å². The second-order valence-corrected chi connectivity index (χ2v) is 6.72. The van der Waals surface area contributed by atoms with Crippen LogP contribution in [0.4, 0.5) is 0 Å². The van der Waals surface area contributed by atoms with Gasteiger partial charge in [-0.25, -0.2) is 0 Å². The Balaban J connectivity index is 2.01. The molecule has 2 rings (SSSR count). The molecule has 0 spiro atoms. The fraction of sp³-hybridized carbons (Fsp3) is 0.125. The first-order valence-electron chi connectivity index (χ1n) is 5.99. The van der Waals surface area contributed by atoms with E-state index < -0.39 is 0 Å². The van der Waals surface area contributed by atoms with E-state index in [1.54, 1.807) is 12.1 Å². The standard InChI is InChI=1S/C16H13NOSe/c17-12-15(19-14-9-5-2-6-10-14)11-16(18)13-7-3-1-4-8-13/h1-10,15H,11H2. The number of rotatable bonds is 5. The van der Waals surface area contributed by atoms with Crippen molar-refractivity contribution in [1.29, 1.82) is 5.26 Å². The molecular formula is C16H13NOSe. The Morgan fingerprint density at radius 2 is 1.63 bits per heavy atom.